The number of nitrogens with zero attached hydrogens (tertiary/aromatic N) is 3. The van der Waals surface area contributed by atoms with Crippen LogP contribution in [0.4, 0.5) is 5.69 Å². The first-order chi connectivity index (χ1) is 10.0. The van der Waals surface area contributed by atoms with Crippen molar-refractivity contribution in [2.45, 2.75) is 18.6 Å². The summed E-state index contributed by atoms with van der Waals surface area (Å²) in [4.78, 5) is 22.2. The molecule has 0 amide bonds. The lowest BCUT2D eigenvalue weighted by Gasteiger charge is -2.02. The zero-order valence-corrected chi connectivity index (χ0v) is 12.5. The van der Waals surface area contributed by atoms with Gasteiger partial charge in [0.15, 0.2) is 5.78 Å². The Morgan fingerprint density at radius 3 is 2.86 bits per heavy atom. The van der Waals surface area contributed by atoms with Crippen molar-refractivity contribution in [1.82, 2.24) is 10.2 Å². The number of carbonyl (C=O) groups is 1. The highest BCUT2D eigenvalue weighted by Crippen LogP contribution is 2.25. The molecule has 1 heterocycles. The van der Waals surface area contributed by atoms with Crippen molar-refractivity contribution in [3.05, 3.63) is 44.8 Å². The maximum Gasteiger partial charge on any atom is 0.277 e. The Morgan fingerprint density at radius 1 is 1.48 bits per heavy atom. The quantitative estimate of drug-likeness (QED) is 0.347. The average Bonchev–Trinajstić information content (AvgIpc) is 2.93. The Balaban J connectivity index is 2.09. The van der Waals surface area contributed by atoms with E-state index in [1.807, 2.05) is 6.92 Å². The maximum absolute atomic E-state index is 12.1. The highest BCUT2D eigenvalue weighted by molar-refractivity contribution is 7.99. The van der Waals surface area contributed by atoms with Gasteiger partial charge in [0.25, 0.3) is 10.9 Å². The van der Waals surface area contributed by atoms with Gasteiger partial charge in [-0.3, -0.25) is 14.9 Å². The third-order valence-electron chi connectivity index (χ3n) is 2.54. The number of aromatic nitrogens is 2. The normalized spacial score (nSPS) is 10.6. The SMILES string of the molecule is CCc1nnc(SCC(=O)c2cc([N+](=O)[O-])ccc2Cl)o1. The minimum atomic E-state index is -0.578. The topological polar surface area (TPSA) is 99.1 Å². The van der Waals surface area contributed by atoms with E-state index < -0.39 is 4.92 Å². The number of hydrogen-bond donors (Lipinski definition) is 0. The van der Waals surface area contributed by atoms with Crippen molar-refractivity contribution >= 4 is 34.8 Å². The predicted octanol–water partition coefficient (Wildman–Crippen LogP) is 3.17. The van der Waals surface area contributed by atoms with E-state index in [9.17, 15) is 14.9 Å². The molecule has 9 heteroatoms. The number of aryl methyl sites for hydroxylation is 1. The number of Topliss-reactive ketones (excluding diaryl/α,β-unsaturated/α-hetero) is 1. The van der Waals surface area contributed by atoms with Crippen LogP contribution in [0.2, 0.25) is 5.02 Å². The largest absolute Gasteiger partial charge is 0.416 e. The van der Waals surface area contributed by atoms with Gasteiger partial charge in [0.2, 0.25) is 5.89 Å². The first-order valence-corrected chi connectivity index (χ1v) is 7.30. The Kier molecular flexibility index (Phi) is 4.92. The summed E-state index contributed by atoms with van der Waals surface area (Å²) in [6.07, 6.45) is 0.609. The Hall–Kier alpha value is -1.93. The molecular formula is C12H10ClN3O4S. The van der Waals surface area contributed by atoms with Gasteiger partial charge in [-0.1, -0.05) is 30.3 Å². The molecule has 0 atom stereocenters. The summed E-state index contributed by atoms with van der Waals surface area (Å²) < 4.78 is 5.26. The zero-order valence-electron chi connectivity index (χ0n) is 10.9. The highest BCUT2D eigenvalue weighted by Gasteiger charge is 2.17. The molecule has 21 heavy (non-hydrogen) atoms. The fourth-order valence-electron chi connectivity index (χ4n) is 1.48. The number of hydrogen-bond acceptors (Lipinski definition) is 7. The third kappa shape index (κ3) is 3.79. The molecule has 0 fully saturated rings. The van der Waals surface area contributed by atoms with Crippen LogP contribution in [0.3, 0.4) is 0 Å². The summed E-state index contributed by atoms with van der Waals surface area (Å²) in [7, 11) is 0. The summed E-state index contributed by atoms with van der Waals surface area (Å²) in [6, 6.07) is 3.74. The molecule has 0 radical (unpaired) electrons. The molecule has 0 N–H and O–H groups in total. The van der Waals surface area contributed by atoms with Gasteiger partial charge in [0, 0.05) is 24.1 Å². The molecule has 0 aliphatic carbocycles. The number of halogens is 1. The molecule has 0 unspecified atom stereocenters. The molecule has 0 saturated heterocycles. The van der Waals surface area contributed by atoms with Crippen LogP contribution in [0.5, 0.6) is 0 Å². The van der Waals surface area contributed by atoms with Crippen molar-refractivity contribution in [2.24, 2.45) is 0 Å². The number of carbonyl (C=O) groups excluding carboxylic acids is 1. The minimum absolute atomic E-state index is 0.00619. The van der Waals surface area contributed by atoms with E-state index in [1.54, 1.807) is 0 Å². The second-order valence-electron chi connectivity index (χ2n) is 3.95. The van der Waals surface area contributed by atoms with Crippen LogP contribution < -0.4 is 0 Å². The first kappa shape index (κ1) is 15.5. The smallest absolute Gasteiger partial charge is 0.277 e. The van der Waals surface area contributed by atoms with Gasteiger partial charge >= 0.3 is 0 Å². The summed E-state index contributed by atoms with van der Waals surface area (Å²) in [5, 5.41) is 18.7. The summed E-state index contributed by atoms with van der Waals surface area (Å²) in [6.45, 7) is 1.87. The van der Waals surface area contributed by atoms with Gasteiger partial charge in [0.05, 0.1) is 15.7 Å². The number of thioether (sulfide) groups is 1. The lowest BCUT2D eigenvalue weighted by molar-refractivity contribution is -0.384. The second-order valence-corrected chi connectivity index (χ2v) is 5.28. The number of rotatable bonds is 6. The predicted molar refractivity (Wildman–Crippen MR) is 76.8 cm³/mol. The van der Waals surface area contributed by atoms with Crippen LogP contribution in [0.15, 0.2) is 27.8 Å². The van der Waals surface area contributed by atoms with Crippen LogP contribution in [0, 0.1) is 10.1 Å². The van der Waals surface area contributed by atoms with E-state index in [2.05, 4.69) is 10.2 Å². The molecule has 2 rings (SSSR count). The molecule has 0 aliphatic heterocycles. The Bertz CT molecular complexity index is 689. The van der Waals surface area contributed by atoms with Crippen LogP contribution in [-0.4, -0.2) is 26.7 Å². The molecule has 0 aliphatic rings. The van der Waals surface area contributed by atoms with Gasteiger partial charge in [-0.25, -0.2) is 0 Å². The van der Waals surface area contributed by atoms with E-state index in [-0.39, 0.29) is 33.0 Å². The van der Waals surface area contributed by atoms with E-state index in [0.717, 1.165) is 17.8 Å². The maximum atomic E-state index is 12.1. The summed E-state index contributed by atoms with van der Waals surface area (Å²) >= 11 is 6.96. The number of non-ortho nitro benzene ring substituents is 1. The van der Waals surface area contributed by atoms with Crippen molar-refractivity contribution in [2.75, 3.05) is 5.75 Å². The monoisotopic (exact) mass is 327 g/mol. The number of nitro benzene ring substituents is 1. The average molecular weight is 328 g/mol. The molecule has 0 bridgehead atoms. The number of ketones is 1. The van der Waals surface area contributed by atoms with Crippen molar-refractivity contribution in [3.8, 4) is 0 Å². The van der Waals surface area contributed by atoms with Crippen LogP contribution in [0.1, 0.15) is 23.2 Å². The number of nitro groups is 1. The van der Waals surface area contributed by atoms with Crippen molar-refractivity contribution in [1.29, 1.82) is 0 Å². The third-order valence-corrected chi connectivity index (χ3v) is 3.69. The molecule has 0 spiro atoms. The Labute approximate surface area is 128 Å². The zero-order chi connectivity index (χ0) is 15.4. The van der Waals surface area contributed by atoms with Crippen molar-refractivity contribution < 1.29 is 14.1 Å². The molecule has 1 aromatic carbocycles. The van der Waals surface area contributed by atoms with E-state index in [1.165, 1.54) is 12.1 Å². The van der Waals surface area contributed by atoms with E-state index in [0.29, 0.717) is 12.3 Å². The molecular weight excluding hydrogens is 318 g/mol. The fourth-order valence-corrected chi connectivity index (χ4v) is 2.37. The molecule has 110 valence electrons. The molecule has 7 nitrogen and oxygen atoms in total. The Morgan fingerprint density at radius 2 is 2.24 bits per heavy atom. The molecule has 1 aromatic heterocycles. The summed E-state index contributed by atoms with van der Waals surface area (Å²) in [5.74, 6) is 0.148. The lowest BCUT2D eigenvalue weighted by atomic mass is 10.1. The first-order valence-electron chi connectivity index (χ1n) is 5.93. The second kappa shape index (κ2) is 6.68. The standard InChI is InChI=1S/C12H10ClN3O4S/c1-2-11-14-15-12(20-11)21-6-10(17)8-5-7(16(18)19)3-4-9(8)13/h3-5H,2,6H2,1H3. The molecule has 2 aromatic rings. The van der Waals surface area contributed by atoms with Crippen LogP contribution in [0.25, 0.3) is 0 Å². The summed E-state index contributed by atoms with van der Waals surface area (Å²) in [5.41, 5.74) is -0.0765. The van der Waals surface area contributed by atoms with E-state index in [4.69, 9.17) is 16.0 Å². The van der Waals surface area contributed by atoms with Gasteiger partial charge < -0.3 is 4.42 Å². The molecule has 0 saturated carbocycles. The van der Waals surface area contributed by atoms with Crippen molar-refractivity contribution in [3.63, 3.8) is 0 Å². The van der Waals surface area contributed by atoms with Gasteiger partial charge in [0.1, 0.15) is 0 Å². The van der Waals surface area contributed by atoms with Crippen LogP contribution >= 0.6 is 23.4 Å². The van der Waals surface area contributed by atoms with Gasteiger partial charge in [-0.05, 0) is 6.07 Å². The van der Waals surface area contributed by atoms with Crippen LogP contribution in [-0.2, 0) is 6.42 Å². The fraction of sp³-hybridized carbons (Fsp3) is 0.250. The number of benzene rings is 1. The highest BCUT2D eigenvalue weighted by atomic mass is 35.5. The van der Waals surface area contributed by atoms with E-state index >= 15 is 0 Å². The lowest BCUT2D eigenvalue weighted by Crippen LogP contribution is -2.04. The van der Waals surface area contributed by atoms with Gasteiger partial charge in [-0.15, -0.1) is 10.2 Å². The minimum Gasteiger partial charge on any atom is -0.416 e. The van der Waals surface area contributed by atoms with Gasteiger partial charge in [-0.2, -0.15) is 0 Å².